The number of halogens is 3. The van der Waals surface area contributed by atoms with Gasteiger partial charge in [-0.25, -0.2) is 18.4 Å². The molecule has 0 amide bonds. The minimum Gasteiger partial charge on any atom is -0.477 e. The molecule has 8 nitrogen and oxygen atoms in total. The highest BCUT2D eigenvalue weighted by Crippen LogP contribution is 2.32. The third-order valence-corrected chi connectivity index (χ3v) is 7.63. The van der Waals surface area contributed by atoms with Gasteiger partial charge in [0, 0.05) is 48.5 Å². The number of carbonyl (C=O) groups is 2. The Labute approximate surface area is 237 Å². The zero-order chi connectivity index (χ0) is 28.8. The van der Waals surface area contributed by atoms with Gasteiger partial charge in [0.05, 0.1) is 22.5 Å². The van der Waals surface area contributed by atoms with E-state index in [2.05, 4.69) is 0 Å². The molecule has 0 saturated carbocycles. The first-order valence-corrected chi connectivity index (χ1v) is 13.1. The van der Waals surface area contributed by atoms with Crippen molar-refractivity contribution < 1.29 is 28.2 Å². The Morgan fingerprint density at radius 2 is 1.56 bits per heavy atom. The third kappa shape index (κ3) is 4.80. The number of rotatable bonds is 5. The van der Waals surface area contributed by atoms with Gasteiger partial charge in [-0.3, -0.25) is 4.79 Å². The van der Waals surface area contributed by atoms with Crippen molar-refractivity contribution in [1.29, 1.82) is 0 Å². The van der Waals surface area contributed by atoms with Gasteiger partial charge in [0.15, 0.2) is 0 Å². The van der Waals surface area contributed by atoms with Crippen LogP contribution in [0.25, 0.3) is 22.2 Å². The molecular weight excluding hydrogens is 556 g/mol. The molecular formula is C30H22ClF2N3O5. The average molecular weight is 578 g/mol. The molecule has 1 aromatic heterocycles. The summed E-state index contributed by atoms with van der Waals surface area (Å²) in [5.74, 6) is -3.01. The van der Waals surface area contributed by atoms with Crippen LogP contribution in [-0.2, 0) is 9.53 Å². The fraction of sp³-hybridized carbons (Fsp3) is 0.167. The van der Waals surface area contributed by atoms with E-state index in [1.54, 1.807) is 24.3 Å². The third-order valence-electron chi connectivity index (χ3n) is 7.37. The van der Waals surface area contributed by atoms with E-state index in [0.717, 1.165) is 11.8 Å². The van der Waals surface area contributed by atoms with Crippen molar-refractivity contribution >= 4 is 45.7 Å². The minimum absolute atomic E-state index is 0.103. The van der Waals surface area contributed by atoms with Gasteiger partial charge < -0.3 is 24.2 Å². The first-order valence-electron chi connectivity index (χ1n) is 12.8. The summed E-state index contributed by atoms with van der Waals surface area (Å²) in [6.07, 6.45) is 1.17. The summed E-state index contributed by atoms with van der Waals surface area (Å²) < 4.78 is 35.9. The Hall–Kier alpha value is -4.70. The quantitative estimate of drug-likeness (QED) is 0.344. The van der Waals surface area contributed by atoms with Crippen molar-refractivity contribution in [3.05, 3.63) is 111 Å². The molecule has 1 fully saturated rings. The van der Waals surface area contributed by atoms with Crippen LogP contribution >= 0.6 is 11.6 Å². The van der Waals surface area contributed by atoms with Crippen molar-refractivity contribution in [3.63, 3.8) is 0 Å². The second kappa shape index (κ2) is 10.4. The molecule has 0 spiro atoms. The predicted octanol–water partition coefficient (Wildman–Crippen LogP) is 4.71. The Morgan fingerprint density at radius 1 is 0.902 bits per heavy atom. The molecule has 2 aliphatic heterocycles. The molecule has 1 saturated heterocycles. The Kier molecular flexibility index (Phi) is 6.70. The SMILES string of the molecule is O=C1OCC(N2CCN(c3cc4c(cc3F)c(=O)c(C(=O)O)cn4-c3ccc(F)cc3)CC2)=C1c1ccc(Cl)cc1. The second-order valence-corrected chi connectivity index (χ2v) is 10.2. The van der Waals surface area contributed by atoms with Gasteiger partial charge in [-0.05, 0) is 54.1 Å². The number of cyclic esters (lactones) is 1. The zero-order valence-electron chi connectivity index (χ0n) is 21.4. The molecule has 41 heavy (non-hydrogen) atoms. The highest BCUT2D eigenvalue weighted by molar-refractivity contribution is 6.30. The average Bonchev–Trinajstić information content (AvgIpc) is 3.35. The number of carbonyl (C=O) groups excluding carboxylic acids is 1. The first kappa shape index (κ1) is 26.5. The highest BCUT2D eigenvalue weighted by Gasteiger charge is 2.32. The number of esters is 1. The molecule has 11 heteroatoms. The molecule has 6 rings (SSSR count). The van der Waals surface area contributed by atoms with Crippen LogP contribution in [-0.4, -0.2) is 59.3 Å². The second-order valence-electron chi connectivity index (χ2n) is 9.72. The van der Waals surface area contributed by atoms with Crippen LogP contribution in [0.15, 0.2) is 77.4 Å². The summed E-state index contributed by atoms with van der Waals surface area (Å²) in [5, 5.41) is 10.0. The molecule has 1 N–H and O–H groups in total. The molecule has 0 bridgehead atoms. The van der Waals surface area contributed by atoms with E-state index < -0.39 is 34.6 Å². The maximum atomic E-state index is 15.5. The standard InChI is InChI=1S/C30H22ClF2N3O5/c31-18-3-1-17(2-4-18)27-26(16-41-30(27)40)35-11-9-34(10-12-35)25-14-24-21(13-23(25)33)28(37)22(29(38)39)15-36(24)20-7-5-19(32)6-8-20/h1-8,13-15H,9-12,16H2,(H,38,39). The van der Waals surface area contributed by atoms with Crippen molar-refractivity contribution in [3.8, 4) is 5.69 Å². The number of carboxylic acid groups (broad SMARTS) is 1. The van der Waals surface area contributed by atoms with Gasteiger partial charge in [0.1, 0.15) is 23.8 Å². The van der Waals surface area contributed by atoms with E-state index in [4.69, 9.17) is 16.3 Å². The molecule has 2 aliphatic rings. The number of aromatic carboxylic acids is 1. The van der Waals surface area contributed by atoms with E-state index in [9.17, 15) is 23.9 Å². The molecule has 3 heterocycles. The molecule has 4 aromatic rings. The monoisotopic (exact) mass is 577 g/mol. The van der Waals surface area contributed by atoms with Gasteiger partial charge in [-0.2, -0.15) is 0 Å². The lowest BCUT2D eigenvalue weighted by atomic mass is 10.0. The van der Waals surface area contributed by atoms with E-state index >= 15 is 4.39 Å². The summed E-state index contributed by atoms with van der Waals surface area (Å²) >= 11 is 6.01. The molecule has 208 valence electrons. The first-order chi connectivity index (χ1) is 19.7. The van der Waals surface area contributed by atoms with Crippen molar-refractivity contribution in [2.24, 2.45) is 0 Å². The zero-order valence-corrected chi connectivity index (χ0v) is 22.2. The number of carboxylic acids is 1. The van der Waals surface area contributed by atoms with Crippen molar-refractivity contribution in [2.75, 3.05) is 37.7 Å². The lowest BCUT2D eigenvalue weighted by molar-refractivity contribution is -0.134. The van der Waals surface area contributed by atoms with E-state index in [0.29, 0.717) is 48.0 Å². The molecule has 0 aliphatic carbocycles. The number of anilines is 1. The molecule has 0 radical (unpaired) electrons. The van der Waals surface area contributed by atoms with Gasteiger partial charge >= 0.3 is 11.9 Å². The number of benzene rings is 3. The van der Waals surface area contributed by atoms with Gasteiger partial charge in [-0.1, -0.05) is 23.7 Å². The van der Waals surface area contributed by atoms with E-state index in [1.165, 1.54) is 41.1 Å². The van der Waals surface area contributed by atoms with Crippen LogP contribution in [0.3, 0.4) is 0 Å². The van der Waals surface area contributed by atoms with Crippen LogP contribution in [0.1, 0.15) is 15.9 Å². The maximum Gasteiger partial charge on any atom is 0.341 e. The van der Waals surface area contributed by atoms with Crippen LogP contribution in [0.5, 0.6) is 0 Å². The summed E-state index contributed by atoms with van der Waals surface area (Å²) in [7, 11) is 0. The topological polar surface area (TPSA) is 92.1 Å². The fourth-order valence-corrected chi connectivity index (χ4v) is 5.43. The van der Waals surface area contributed by atoms with Crippen LogP contribution in [0.4, 0.5) is 14.5 Å². The molecule has 0 atom stereocenters. The largest absolute Gasteiger partial charge is 0.477 e. The van der Waals surface area contributed by atoms with Crippen molar-refractivity contribution in [1.82, 2.24) is 9.47 Å². The van der Waals surface area contributed by atoms with Gasteiger partial charge in [-0.15, -0.1) is 0 Å². The molecule has 3 aromatic carbocycles. The highest BCUT2D eigenvalue weighted by atomic mass is 35.5. The number of hydrogen-bond acceptors (Lipinski definition) is 6. The number of hydrogen-bond donors (Lipinski definition) is 1. The Bertz CT molecular complexity index is 1790. The predicted molar refractivity (Wildman–Crippen MR) is 150 cm³/mol. The number of ether oxygens (including phenoxy) is 1. The minimum atomic E-state index is -1.45. The van der Waals surface area contributed by atoms with Gasteiger partial charge in [0.25, 0.3) is 0 Å². The Balaban J connectivity index is 1.35. The maximum absolute atomic E-state index is 15.5. The summed E-state index contributed by atoms with van der Waals surface area (Å²) in [6, 6.07) is 14.8. The lowest BCUT2D eigenvalue weighted by Gasteiger charge is -2.38. The number of nitrogens with zero attached hydrogens (tertiary/aromatic N) is 3. The van der Waals surface area contributed by atoms with Gasteiger partial charge in [0.2, 0.25) is 5.43 Å². The number of aromatic nitrogens is 1. The fourth-order valence-electron chi connectivity index (χ4n) is 5.31. The summed E-state index contributed by atoms with van der Waals surface area (Å²) in [6.45, 7) is 1.90. The van der Waals surface area contributed by atoms with Crippen molar-refractivity contribution in [2.45, 2.75) is 0 Å². The number of piperazine rings is 1. The van der Waals surface area contributed by atoms with Crippen LogP contribution < -0.4 is 10.3 Å². The normalized spacial score (nSPS) is 15.5. The van der Waals surface area contributed by atoms with E-state index in [-0.39, 0.29) is 23.2 Å². The number of fused-ring (bicyclic) bond motifs is 1. The number of pyridine rings is 1. The smallest absolute Gasteiger partial charge is 0.341 e. The summed E-state index contributed by atoms with van der Waals surface area (Å²) in [4.78, 5) is 41.1. The van der Waals surface area contributed by atoms with Crippen LogP contribution in [0.2, 0.25) is 5.02 Å². The lowest BCUT2D eigenvalue weighted by Crippen LogP contribution is -2.46. The summed E-state index contributed by atoms with van der Waals surface area (Å²) in [5.41, 5.74) is 1.53. The van der Waals surface area contributed by atoms with Crippen LogP contribution in [0, 0.1) is 11.6 Å². The van der Waals surface area contributed by atoms with E-state index in [1.807, 2.05) is 9.80 Å². The Morgan fingerprint density at radius 3 is 2.22 bits per heavy atom. The molecule has 0 unspecified atom stereocenters.